The standard InChI is InChI=1S/C11H14N2S.C10H11N3O2S.C7H15N3S/c1-8-10(13-11(12)14-8)7-9-5-3-2-4-6-9;11-10-12-8(6-16-10)4-7-2-1-3-9(5-7)13(14)15;8-4-2-1-3-6-5-11-7(9)10-6/h2-6,8,10H,7H2,1H3,(H2,12,13);1-3,5,8H,4,6H2,(H2,11,12);6H,1-5,8H2,(H2,9,10)/t8-,10-;8-;6-/m001/s1. The fraction of sp³-hybridized carbons (Fsp3) is 0.464. The van der Waals surface area contributed by atoms with Crippen LogP contribution in [0, 0.1) is 10.1 Å². The number of nitrogens with two attached hydrogens (primary N) is 4. The quantitative estimate of drug-likeness (QED) is 0.182. The van der Waals surface area contributed by atoms with E-state index in [4.69, 9.17) is 22.9 Å². The fourth-order valence-corrected chi connectivity index (χ4v) is 6.85. The van der Waals surface area contributed by atoms with Crippen molar-refractivity contribution in [3.05, 3.63) is 75.8 Å². The summed E-state index contributed by atoms with van der Waals surface area (Å²) >= 11 is 4.86. The van der Waals surface area contributed by atoms with E-state index in [0.29, 0.717) is 28.9 Å². The maximum absolute atomic E-state index is 10.6. The van der Waals surface area contributed by atoms with Gasteiger partial charge < -0.3 is 22.9 Å². The van der Waals surface area contributed by atoms with Gasteiger partial charge >= 0.3 is 0 Å². The van der Waals surface area contributed by atoms with Gasteiger partial charge in [0.15, 0.2) is 15.5 Å². The number of aliphatic imine (C=N–C) groups is 3. The van der Waals surface area contributed by atoms with Gasteiger partial charge in [0.1, 0.15) is 0 Å². The summed E-state index contributed by atoms with van der Waals surface area (Å²) in [6.45, 7) is 2.97. The molecular weight excluding hydrogens is 577 g/mol. The smallest absolute Gasteiger partial charge is 0.269 e. The molecule has 5 rings (SSSR count). The number of rotatable bonds is 9. The Morgan fingerprint density at radius 2 is 1.51 bits per heavy atom. The number of nitro benzene ring substituents is 1. The highest BCUT2D eigenvalue weighted by molar-refractivity contribution is 8.14. The van der Waals surface area contributed by atoms with E-state index in [9.17, 15) is 10.1 Å². The Morgan fingerprint density at radius 3 is 2.07 bits per heavy atom. The molecule has 0 aromatic heterocycles. The van der Waals surface area contributed by atoms with Gasteiger partial charge in [-0.05, 0) is 43.4 Å². The Kier molecular flexibility index (Phi) is 13.8. The van der Waals surface area contributed by atoms with Crippen LogP contribution < -0.4 is 22.9 Å². The third-order valence-corrected chi connectivity index (χ3v) is 9.42. The maximum Gasteiger partial charge on any atom is 0.269 e. The van der Waals surface area contributed by atoms with Crippen molar-refractivity contribution in [1.82, 2.24) is 0 Å². The van der Waals surface area contributed by atoms with Crippen LogP contribution in [0.1, 0.15) is 37.3 Å². The lowest BCUT2D eigenvalue weighted by Crippen LogP contribution is -2.16. The Balaban J connectivity index is 0.000000172. The van der Waals surface area contributed by atoms with E-state index in [2.05, 4.69) is 46.2 Å². The van der Waals surface area contributed by atoms with Gasteiger partial charge in [-0.1, -0.05) is 91.1 Å². The minimum atomic E-state index is -0.384. The Bertz CT molecular complexity index is 1210. The predicted molar refractivity (Wildman–Crippen MR) is 178 cm³/mol. The molecule has 222 valence electrons. The lowest BCUT2D eigenvalue weighted by Gasteiger charge is -2.11. The van der Waals surface area contributed by atoms with E-state index in [1.54, 1.807) is 35.7 Å². The van der Waals surface area contributed by atoms with Gasteiger partial charge in [-0.3, -0.25) is 25.1 Å². The molecule has 13 heteroatoms. The number of thioether (sulfide) groups is 3. The summed E-state index contributed by atoms with van der Waals surface area (Å²) in [5, 5.41) is 13.2. The fourth-order valence-electron chi connectivity index (χ4n) is 4.35. The van der Waals surface area contributed by atoms with E-state index in [-0.39, 0.29) is 16.7 Å². The average Bonchev–Trinajstić information content (AvgIpc) is 3.65. The molecule has 0 fully saturated rings. The predicted octanol–water partition coefficient (Wildman–Crippen LogP) is 4.16. The number of hydrogen-bond acceptors (Lipinski definition) is 12. The number of nitrogens with zero attached hydrogens (tertiary/aromatic N) is 4. The summed E-state index contributed by atoms with van der Waals surface area (Å²) in [7, 11) is 0. The Labute approximate surface area is 254 Å². The van der Waals surface area contributed by atoms with Gasteiger partial charge in [0, 0.05) is 28.9 Å². The third-order valence-electron chi connectivity index (χ3n) is 6.48. The lowest BCUT2D eigenvalue weighted by molar-refractivity contribution is -0.384. The number of nitro groups is 1. The van der Waals surface area contributed by atoms with Crippen LogP contribution in [0.3, 0.4) is 0 Å². The third kappa shape index (κ3) is 12.0. The molecule has 3 aliphatic rings. The van der Waals surface area contributed by atoms with Crippen molar-refractivity contribution in [3.8, 4) is 0 Å². The van der Waals surface area contributed by atoms with Crippen molar-refractivity contribution in [2.75, 3.05) is 18.1 Å². The molecule has 2 aromatic carbocycles. The molecule has 4 atom stereocenters. The molecule has 0 radical (unpaired) electrons. The number of non-ortho nitro benzene ring substituents is 1. The summed E-state index contributed by atoms with van der Waals surface area (Å²) in [5.74, 6) is 1.92. The molecule has 2 aromatic rings. The van der Waals surface area contributed by atoms with Gasteiger partial charge in [0.05, 0.1) is 23.0 Å². The van der Waals surface area contributed by atoms with Crippen LogP contribution in [0.4, 0.5) is 5.69 Å². The summed E-state index contributed by atoms with van der Waals surface area (Å²) in [6, 6.07) is 18.1. The molecule has 41 heavy (non-hydrogen) atoms. The summed E-state index contributed by atoms with van der Waals surface area (Å²) in [5.41, 5.74) is 24.5. The van der Waals surface area contributed by atoms with Crippen molar-refractivity contribution in [1.29, 1.82) is 0 Å². The first kappa shape index (κ1) is 32.8. The first-order valence-electron chi connectivity index (χ1n) is 13.6. The van der Waals surface area contributed by atoms with Gasteiger partial charge in [-0.15, -0.1) is 0 Å². The van der Waals surface area contributed by atoms with Crippen molar-refractivity contribution >= 4 is 56.5 Å². The van der Waals surface area contributed by atoms with Crippen molar-refractivity contribution in [3.63, 3.8) is 0 Å². The Morgan fingerprint density at radius 1 is 0.854 bits per heavy atom. The number of unbranched alkanes of at least 4 members (excludes halogenated alkanes) is 1. The van der Waals surface area contributed by atoms with Crippen LogP contribution in [-0.4, -0.2) is 61.9 Å². The topological polar surface area (TPSA) is 184 Å². The normalized spacial score (nSPS) is 22.9. The average molecular weight is 617 g/mol. The summed E-state index contributed by atoms with van der Waals surface area (Å²) < 4.78 is 0. The van der Waals surface area contributed by atoms with E-state index in [1.807, 2.05) is 12.1 Å². The highest BCUT2D eigenvalue weighted by Crippen LogP contribution is 2.26. The SMILES string of the molecule is C[C@@H]1SC(N)=N[C@H]1Cc1ccccc1.NC1=N[C@@H](Cc2cccc([N+](=O)[O-])c2)CS1.NCCCC[C@@H]1CSC(N)=N1. The van der Waals surface area contributed by atoms with E-state index in [0.717, 1.165) is 53.2 Å². The van der Waals surface area contributed by atoms with E-state index >= 15 is 0 Å². The van der Waals surface area contributed by atoms with Crippen LogP contribution in [0.25, 0.3) is 0 Å². The zero-order valence-corrected chi connectivity index (χ0v) is 25.8. The van der Waals surface area contributed by atoms with Crippen molar-refractivity contribution in [2.24, 2.45) is 37.9 Å². The Hall–Kier alpha value is -2.74. The molecular formula is C28H40N8O2S3. The monoisotopic (exact) mass is 616 g/mol. The second-order valence-corrected chi connectivity index (χ2v) is 13.3. The summed E-state index contributed by atoms with van der Waals surface area (Å²) in [4.78, 5) is 23.2. The lowest BCUT2D eigenvalue weighted by atomic mass is 10.0. The van der Waals surface area contributed by atoms with Gasteiger partial charge in [-0.2, -0.15) is 0 Å². The molecule has 10 nitrogen and oxygen atoms in total. The molecule has 0 saturated carbocycles. The van der Waals surface area contributed by atoms with Crippen LogP contribution in [0.2, 0.25) is 0 Å². The molecule has 0 amide bonds. The van der Waals surface area contributed by atoms with Crippen molar-refractivity contribution < 1.29 is 4.92 Å². The molecule has 0 saturated heterocycles. The first-order valence-corrected chi connectivity index (χ1v) is 16.5. The second kappa shape index (κ2) is 17.3. The highest BCUT2D eigenvalue weighted by Gasteiger charge is 2.24. The minimum absolute atomic E-state index is 0.125. The maximum atomic E-state index is 10.6. The molecule has 3 aliphatic heterocycles. The largest absolute Gasteiger partial charge is 0.379 e. The van der Waals surface area contributed by atoms with Crippen LogP contribution in [0.15, 0.2) is 69.6 Å². The van der Waals surface area contributed by atoms with Crippen LogP contribution >= 0.6 is 35.3 Å². The van der Waals surface area contributed by atoms with E-state index in [1.165, 1.54) is 29.8 Å². The van der Waals surface area contributed by atoms with Crippen LogP contribution in [0.5, 0.6) is 0 Å². The highest BCUT2D eigenvalue weighted by atomic mass is 32.2. The first-order chi connectivity index (χ1) is 19.7. The summed E-state index contributed by atoms with van der Waals surface area (Å²) in [6.07, 6.45) is 5.13. The van der Waals surface area contributed by atoms with Gasteiger partial charge in [-0.25, -0.2) is 0 Å². The molecule has 8 N–H and O–H groups in total. The number of hydrogen-bond donors (Lipinski definition) is 4. The van der Waals surface area contributed by atoms with Crippen LogP contribution in [-0.2, 0) is 12.8 Å². The number of benzene rings is 2. The molecule has 0 aliphatic carbocycles. The van der Waals surface area contributed by atoms with Gasteiger partial charge in [0.25, 0.3) is 5.69 Å². The van der Waals surface area contributed by atoms with E-state index < -0.39 is 0 Å². The zero-order chi connectivity index (χ0) is 29.6. The minimum Gasteiger partial charge on any atom is -0.379 e. The molecule has 3 heterocycles. The zero-order valence-electron chi connectivity index (χ0n) is 23.3. The molecule has 0 unspecified atom stereocenters. The van der Waals surface area contributed by atoms with Gasteiger partial charge in [0.2, 0.25) is 0 Å². The molecule has 0 bridgehead atoms. The second-order valence-electron chi connectivity index (χ2n) is 9.83. The number of amidine groups is 3. The molecule has 0 spiro atoms. The van der Waals surface area contributed by atoms with Crippen molar-refractivity contribution in [2.45, 2.75) is 62.4 Å².